The molecule has 2 amide bonds. The summed E-state index contributed by atoms with van der Waals surface area (Å²) in [6.45, 7) is 3.06. The van der Waals surface area contributed by atoms with Crippen molar-refractivity contribution in [1.82, 2.24) is 5.16 Å². The van der Waals surface area contributed by atoms with Crippen LogP contribution in [0.4, 0.5) is 15.9 Å². The van der Waals surface area contributed by atoms with E-state index in [1.165, 1.54) is 25.1 Å². The second-order valence-electron chi connectivity index (χ2n) is 5.93. The third-order valence-corrected chi connectivity index (χ3v) is 3.88. The molecule has 0 bridgehead atoms. The van der Waals surface area contributed by atoms with Crippen molar-refractivity contribution in [2.24, 2.45) is 0 Å². The van der Waals surface area contributed by atoms with E-state index in [9.17, 15) is 18.8 Å². The molecule has 9 heteroatoms. The van der Waals surface area contributed by atoms with Crippen molar-refractivity contribution in [3.05, 3.63) is 41.4 Å². The van der Waals surface area contributed by atoms with Gasteiger partial charge in [0.2, 0.25) is 5.91 Å². The van der Waals surface area contributed by atoms with Crippen molar-refractivity contribution < 1.29 is 28.0 Å². The van der Waals surface area contributed by atoms with Crippen LogP contribution in [0.5, 0.6) is 0 Å². The van der Waals surface area contributed by atoms with Gasteiger partial charge in [-0.25, -0.2) is 4.39 Å². The molecular weight excluding hydrogens is 345 g/mol. The van der Waals surface area contributed by atoms with E-state index in [0.717, 1.165) is 6.07 Å². The average molecular weight is 361 g/mol. The third-order valence-electron chi connectivity index (χ3n) is 3.88. The van der Waals surface area contributed by atoms with Crippen molar-refractivity contribution in [3.63, 3.8) is 0 Å². The number of anilines is 2. The summed E-state index contributed by atoms with van der Waals surface area (Å²) in [6.07, 6.45) is -1.26. The maximum atomic E-state index is 13.3. The number of carbonyl (C=O) groups is 3. The van der Waals surface area contributed by atoms with Gasteiger partial charge in [0.25, 0.3) is 5.91 Å². The van der Waals surface area contributed by atoms with Crippen LogP contribution >= 0.6 is 0 Å². The molecule has 0 saturated heterocycles. The number of nitrogens with one attached hydrogen (secondary N) is 2. The van der Waals surface area contributed by atoms with Gasteiger partial charge in [0.15, 0.2) is 11.9 Å². The number of ether oxygens (including phenoxy) is 1. The number of aromatic nitrogens is 1. The predicted molar refractivity (Wildman–Crippen MR) is 87.8 cm³/mol. The highest BCUT2D eigenvalue weighted by molar-refractivity contribution is 6.01. The number of esters is 1. The van der Waals surface area contributed by atoms with Crippen molar-refractivity contribution in [2.45, 2.75) is 32.3 Å². The van der Waals surface area contributed by atoms with E-state index in [0.29, 0.717) is 11.3 Å². The van der Waals surface area contributed by atoms with E-state index >= 15 is 0 Å². The van der Waals surface area contributed by atoms with Crippen LogP contribution in [-0.4, -0.2) is 29.0 Å². The third kappa shape index (κ3) is 3.71. The van der Waals surface area contributed by atoms with Gasteiger partial charge in [0.1, 0.15) is 11.6 Å². The summed E-state index contributed by atoms with van der Waals surface area (Å²) in [5.41, 5.74) is 0.661. The fourth-order valence-corrected chi connectivity index (χ4v) is 2.61. The topological polar surface area (TPSA) is 111 Å². The second kappa shape index (κ2) is 6.95. The Labute approximate surface area is 147 Å². The van der Waals surface area contributed by atoms with Gasteiger partial charge in [-0.3, -0.25) is 14.4 Å². The molecule has 0 saturated carbocycles. The molecule has 1 aliphatic heterocycles. The van der Waals surface area contributed by atoms with Crippen LogP contribution in [0.1, 0.15) is 30.6 Å². The molecule has 1 aromatic heterocycles. The zero-order valence-electron chi connectivity index (χ0n) is 14.0. The van der Waals surface area contributed by atoms with Gasteiger partial charge < -0.3 is 19.9 Å². The molecule has 2 N–H and O–H groups in total. The Balaban J connectivity index is 1.69. The van der Waals surface area contributed by atoms with Gasteiger partial charge >= 0.3 is 5.97 Å². The van der Waals surface area contributed by atoms with E-state index in [1.54, 1.807) is 6.92 Å². The SMILES string of the molecule is Cc1cc(NC(=O)[C@H](C)OC(=O)[C@H]2CC(=O)Nc3cc(F)ccc32)no1. The Kier molecular flexibility index (Phi) is 4.70. The second-order valence-corrected chi connectivity index (χ2v) is 5.93. The largest absolute Gasteiger partial charge is 0.452 e. The summed E-state index contributed by atoms with van der Waals surface area (Å²) in [7, 11) is 0. The number of fused-ring (bicyclic) bond motifs is 1. The summed E-state index contributed by atoms with van der Waals surface area (Å²) < 4.78 is 23.4. The molecule has 0 aliphatic carbocycles. The van der Waals surface area contributed by atoms with Gasteiger partial charge in [0.05, 0.1) is 5.92 Å². The highest BCUT2D eigenvalue weighted by Crippen LogP contribution is 2.33. The first-order valence-corrected chi connectivity index (χ1v) is 7.87. The fraction of sp³-hybridized carbons (Fsp3) is 0.294. The van der Waals surface area contributed by atoms with Crippen molar-refractivity contribution in [1.29, 1.82) is 0 Å². The highest BCUT2D eigenvalue weighted by Gasteiger charge is 2.34. The van der Waals surface area contributed by atoms with Crippen LogP contribution in [0.25, 0.3) is 0 Å². The van der Waals surface area contributed by atoms with Crippen LogP contribution < -0.4 is 10.6 Å². The monoisotopic (exact) mass is 361 g/mol. The molecule has 1 aliphatic rings. The summed E-state index contributed by atoms with van der Waals surface area (Å²) in [5, 5.41) is 8.59. The number of aryl methyl sites for hydroxylation is 1. The molecule has 2 atom stereocenters. The summed E-state index contributed by atoms with van der Waals surface area (Å²) >= 11 is 0. The van der Waals surface area contributed by atoms with Crippen LogP contribution in [0, 0.1) is 12.7 Å². The lowest BCUT2D eigenvalue weighted by atomic mass is 9.90. The van der Waals surface area contributed by atoms with Crippen LogP contribution in [-0.2, 0) is 19.1 Å². The molecule has 136 valence electrons. The smallest absolute Gasteiger partial charge is 0.314 e. The first kappa shape index (κ1) is 17.6. The molecule has 2 aromatic rings. The lowest BCUT2D eigenvalue weighted by Crippen LogP contribution is -2.34. The lowest BCUT2D eigenvalue weighted by Gasteiger charge is -2.25. The van der Waals surface area contributed by atoms with Crippen molar-refractivity contribution in [2.75, 3.05) is 10.6 Å². The Morgan fingerprint density at radius 3 is 2.88 bits per heavy atom. The van der Waals surface area contributed by atoms with Gasteiger partial charge in [-0.2, -0.15) is 0 Å². The van der Waals surface area contributed by atoms with E-state index < -0.39 is 35.6 Å². The van der Waals surface area contributed by atoms with E-state index in [2.05, 4.69) is 15.8 Å². The number of benzene rings is 1. The molecule has 0 unspecified atom stereocenters. The number of amides is 2. The molecule has 8 nitrogen and oxygen atoms in total. The average Bonchev–Trinajstić information content (AvgIpc) is 2.98. The Morgan fingerprint density at radius 2 is 2.19 bits per heavy atom. The summed E-state index contributed by atoms with van der Waals surface area (Å²) in [4.78, 5) is 36.3. The molecular formula is C17H16FN3O5. The van der Waals surface area contributed by atoms with E-state index in [1.807, 2.05) is 0 Å². The Morgan fingerprint density at radius 1 is 1.42 bits per heavy atom. The van der Waals surface area contributed by atoms with Crippen molar-refractivity contribution >= 4 is 29.3 Å². The van der Waals surface area contributed by atoms with E-state index in [4.69, 9.17) is 9.26 Å². The summed E-state index contributed by atoms with van der Waals surface area (Å²) in [5.74, 6) is -2.49. The van der Waals surface area contributed by atoms with Crippen LogP contribution in [0.2, 0.25) is 0 Å². The summed E-state index contributed by atoms with van der Waals surface area (Å²) in [6, 6.07) is 5.26. The molecule has 3 rings (SSSR count). The molecule has 0 radical (unpaired) electrons. The molecule has 26 heavy (non-hydrogen) atoms. The Bertz CT molecular complexity index is 879. The number of carbonyl (C=O) groups excluding carboxylic acids is 3. The molecule has 0 fully saturated rings. The van der Waals surface area contributed by atoms with Gasteiger partial charge in [-0.15, -0.1) is 0 Å². The number of halogens is 1. The maximum absolute atomic E-state index is 13.3. The highest BCUT2D eigenvalue weighted by atomic mass is 19.1. The zero-order chi connectivity index (χ0) is 18.8. The fourth-order valence-electron chi connectivity index (χ4n) is 2.61. The minimum absolute atomic E-state index is 0.145. The zero-order valence-corrected chi connectivity index (χ0v) is 14.0. The van der Waals surface area contributed by atoms with Gasteiger partial charge in [0, 0.05) is 18.2 Å². The number of hydrogen-bond acceptors (Lipinski definition) is 6. The predicted octanol–water partition coefficient (Wildman–Crippen LogP) is 2.12. The van der Waals surface area contributed by atoms with Crippen LogP contribution in [0.3, 0.4) is 0 Å². The minimum Gasteiger partial charge on any atom is -0.452 e. The number of nitrogens with zero attached hydrogens (tertiary/aromatic N) is 1. The van der Waals surface area contributed by atoms with Gasteiger partial charge in [-0.05, 0) is 31.5 Å². The maximum Gasteiger partial charge on any atom is 0.314 e. The first-order chi connectivity index (χ1) is 12.3. The molecule has 0 spiro atoms. The lowest BCUT2D eigenvalue weighted by molar-refractivity contribution is -0.155. The van der Waals surface area contributed by atoms with Gasteiger partial charge in [-0.1, -0.05) is 11.2 Å². The van der Waals surface area contributed by atoms with Crippen molar-refractivity contribution in [3.8, 4) is 0 Å². The first-order valence-electron chi connectivity index (χ1n) is 7.87. The quantitative estimate of drug-likeness (QED) is 0.807. The standard InChI is InChI=1S/C17H16FN3O5/c1-8-5-14(21-26-8)20-16(23)9(2)25-17(24)12-7-15(22)19-13-6-10(18)3-4-11(12)13/h3-6,9,12H,7H2,1-2H3,(H,19,22)(H,20,21,23)/t9-,12-/m0/s1. The molecule has 2 heterocycles. The van der Waals surface area contributed by atoms with Crippen LogP contribution in [0.15, 0.2) is 28.8 Å². The molecule has 1 aromatic carbocycles. The number of hydrogen-bond donors (Lipinski definition) is 2. The minimum atomic E-state index is -1.12. The normalized spacial score (nSPS) is 17.0. The number of rotatable bonds is 4. The Hall–Kier alpha value is -3.23. The van der Waals surface area contributed by atoms with E-state index in [-0.39, 0.29) is 17.9 Å².